The second-order valence-corrected chi connectivity index (χ2v) is 3.38. The van der Waals surface area contributed by atoms with E-state index in [1.807, 2.05) is 6.20 Å². The van der Waals surface area contributed by atoms with E-state index in [-0.39, 0.29) is 0 Å². The zero-order valence-electron chi connectivity index (χ0n) is 8.73. The van der Waals surface area contributed by atoms with Crippen molar-refractivity contribution in [2.24, 2.45) is 5.16 Å². The van der Waals surface area contributed by atoms with Gasteiger partial charge in [0.25, 0.3) is 0 Å². The normalized spacial score (nSPS) is 17.3. The van der Waals surface area contributed by atoms with Crippen molar-refractivity contribution >= 4 is 11.8 Å². The maximum atomic E-state index is 4.81. The average Bonchev–Trinajstić information content (AvgIpc) is 2.29. The molecule has 0 saturated carbocycles. The van der Waals surface area contributed by atoms with E-state index in [4.69, 9.17) is 4.84 Å². The number of rotatable bonds is 2. The molecule has 1 aromatic rings. The van der Waals surface area contributed by atoms with Crippen LogP contribution in [0.25, 0.3) is 6.08 Å². The first-order valence-electron chi connectivity index (χ1n) is 4.94. The van der Waals surface area contributed by atoms with Gasteiger partial charge in [-0.3, -0.25) is 0 Å². The molecule has 0 bridgehead atoms. The fraction of sp³-hybridized carbons (Fsp3) is 0.364. The topological polar surface area (TPSA) is 47.4 Å². The Balaban J connectivity index is 2.48. The first-order chi connectivity index (χ1) is 7.35. The lowest BCUT2D eigenvalue weighted by Crippen LogP contribution is -2.15. The van der Waals surface area contributed by atoms with Gasteiger partial charge in [0.15, 0.2) is 5.82 Å². The van der Waals surface area contributed by atoms with Crippen molar-refractivity contribution < 1.29 is 4.84 Å². The van der Waals surface area contributed by atoms with Crippen molar-refractivity contribution in [3.05, 3.63) is 29.9 Å². The Morgan fingerprint density at radius 1 is 1.53 bits per heavy atom. The van der Waals surface area contributed by atoms with Gasteiger partial charge >= 0.3 is 0 Å². The molecule has 15 heavy (non-hydrogen) atoms. The lowest BCUT2D eigenvalue weighted by molar-refractivity contribution is 0.212. The summed E-state index contributed by atoms with van der Waals surface area (Å²) in [6.07, 6.45) is 6.49. The van der Waals surface area contributed by atoms with Crippen LogP contribution < -0.4 is 0 Å². The Labute approximate surface area is 88.7 Å². The van der Waals surface area contributed by atoms with E-state index in [1.165, 1.54) is 0 Å². The van der Waals surface area contributed by atoms with Gasteiger partial charge < -0.3 is 4.84 Å². The molecule has 0 N–H and O–H groups in total. The van der Waals surface area contributed by atoms with Gasteiger partial charge in [-0.05, 0) is 30.9 Å². The quantitative estimate of drug-likeness (QED) is 0.689. The van der Waals surface area contributed by atoms with Crippen LogP contribution in [-0.4, -0.2) is 22.8 Å². The van der Waals surface area contributed by atoms with Gasteiger partial charge in [0.1, 0.15) is 12.8 Å². The molecule has 78 valence electrons. The highest BCUT2D eigenvalue weighted by Gasteiger charge is 2.18. The zero-order chi connectivity index (χ0) is 10.7. The zero-order valence-corrected chi connectivity index (χ0v) is 8.73. The molecule has 1 heterocycles. The Kier molecular flexibility index (Phi) is 2.76. The van der Waals surface area contributed by atoms with Gasteiger partial charge in [0.2, 0.25) is 0 Å². The van der Waals surface area contributed by atoms with Gasteiger partial charge in [-0.1, -0.05) is 11.7 Å². The van der Waals surface area contributed by atoms with E-state index in [1.54, 1.807) is 13.2 Å². The van der Waals surface area contributed by atoms with Crippen molar-refractivity contribution in [2.75, 3.05) is 7.11 Å². The van der Waals surface area contributed by atoms with Crippen LogP contribution in [0.4, 0.5) is 0 Å². The second-order valence-electron chi connectivity index (χ2n) is 3.38. The van der Waals surface area contributed by atoms with Crippen molar-refractivity contribution in [2.45, 2.75) is 19.3 Å². The maximum Gasteiger partial charge on any atom is 0.151 e. The summed E-state index contributed by atoms with van der Waals surface area (Å²) in [7, 11) is 1.55. The first-order valence-corrected chi connectivity index (χ1v) is 4.94. The van der Waals surface area contributed by atoms with E-state index in [0.29, 0.717) is 5.82 Å². The number of aromatic nitrogens is 2. The summed E-state index contributed by atoms with van der Waals surface area (Å²) in [5, 5.41) is 3.99. The fourth-order valence-electron chi connectivity index (χ4n) is 1.72. The monoisotopic (exact) mass is 203 g/mol. The molecule has 1 aromatic heterocycles. The molecule has 0 saturated heterocycles. The van der Waals surface area contributed by atoms with Crippen LogP contribution in [0.15, 0.2) is 17.9 Å². The Bertz CT molecular complexity index is 412. The van der Waals surface area contributed by atoms with Crippen LogP contribution in [0.5, 0.6) is 0 Å². The summed E-state index contributed by atoms with van der Waals surface area (Å²) in [6.45, 7) is 3.65. The van der Waals surface area contributed by atoms with Crippen LogP contribution in [0.1, 0.15) is 29.9 Å². The van der Waals surface area contributed by atoms with Gasteiger partial charge in [0, 0.05) is 6.20 Å². The third kappa shape index (κ3) is 1.88. The molecule has 0 atom stereocenters. The molecule has 1 aliphatic rings. The van der Waals surface area contributed by atoms with Crippen LogP contribution in [0, 0.1) is 0 Å². The van der Waals surface area contributed by atoms with E-state index in [9.17, 15) is 0 Å². The highest BCUT2D eigenvalue weighted by atomic mass is 16.6. The predicted octanol–water partition coefficient (Wildman–Crippen LogP) is 1.81. The molecule has 1 aliphatic carbocycles. The van der Waals surface area contributed by atoms with Gasteiger partial charge in [-0.2, -0.15) is 0 Å². The largest absolute Gasteiger partial charge is 0.399 e. The number of oxime groups is 1. The van der Waals surface area contributed by atoms with E-state index < -0.39 is 0 Å². The van der Waals surface area contributed by atoms with Gasteiger partial charge in [0.05, 0.1) is 5.69 Å². The Morgan fingerprint density at radius 3 is 3.13 bits per heavy atom. The molecule has 0 unspecified atom stereocenters. The minimum Gasteiger partial charge on any atom is -0.399 e. The standard InChI is InChI=1S/C11H13N3O/c1-3-10-12-7-8-5-4-6-9(14-15-2)11(8)13-10/h3,7H,1,4-6H2,2H3/b14-9+. The van der Waals surface area contributed by atoms with E-state index in [0.717, 1.165) is 36.2 Å². The fourth-order valence-corrected chi connectivity index (χ4v) is 1.72. The minimum absolute atomic E-state index is 0.638. The van der Waals surface area contributed by atoms with Crippen molar-refractivity contribution in [3.8, 4) is 0 Å². The van der Waals surface area contributed by atoms with Crippen molar-refractivity contribution in [3.63, 3.8) is 0 Å². The van der Waals surface area contributed by atoms with Crippen molar-refractivity contribution in [1.29, 1.82) is 0 Å². The molecular formula is C11H13N3O. The number of aryl methyl sites for hydroxylation is 1. The van der Waals surface area contributed by atoms with Crippen LogP contribution in [-0.2, 0) is 11.3 Å². The molecule has 0 spiro atoms. The Morgan fingerprint density at radius 2 is 2.40 bits per heavy atom. The highest BCUT2D eigenvalue weighted by Crippen LogP contribution is 2.19. The molecule has 4 nitrogen and oxygen atoms in total. The molecule has 0 radical (unpaired) electrons. The molecule has 0 fully saturated rings. The number of hydrogen-bond donors (Lipinski definition) is 0. The molecule has 0 amide bonds. The summed E-state index contributed by atoms with van der Waals surface area (Å²) < 4.78 is 0. The summed E-state index contributed by atoms with van der Waals surface area (Å²) in [6, 6.07) is 0. The van der Waals surface area contributed by atoms with Crippen LogP contribution >= 0.6 is 0 Å². The number of nitrogens with zero attached hydrogens (tertiary/aromatic N) is 3. The summed E-state index contributed by atoms with van der Waals surface area (Å²) in [5.41, 5.74) is 2.96. The van der Waals surface area contributed by atoms with Crippen LogP contribution in [0.2, 0.25) is 0 Å². The lowest BCUT2D eigenvalue weighted by atomic mass is 9.95. The SMILES string of the molecule is C=Cc1ncc2c(n1)/C(=N/OC)CCC2. The van der Waals surface area contributed by atoms with E-state index >= 15 is 0 Å². The first kappa shape index (κ1) is 9.83. The molecule has 2 rings (SSSR count). The second kappa shape index (κ2) is 4.21. The Hall–Kier alpha value is -1.71. The summed E-state index contributed by atoms with van der Waals surface area (Å²) in [4.78, 5) is 13.4. The lowest BCUT2D eigenvalue weighted by Gasteiger charge is -2.15. The molecule has 0 aromatic carbocycles. The minimum atomic E-state index is 0.638. The molecular weight excluding hydrogens is 190 g/mol. The van der Waals surface area contributed by atoms with Crippen LogP contribution in [0.3, 0.4) is 0 Å². The molecule has 4 heteroatoms. The average molecular weight is 203 g/mol. The summed E-state index contributed by atoms with van der Waals surface area (Å²) >= 11 is 0. The number of fused-ring (bicyclic) bond motifs is 1. The van der Waals surface area contributed by atoms with Crippen molar-refractivity contribution in [1.82, 2.24) is 9.97 Å². The smallest absolute Gasteiger partial charge is 0.151 e. The van der Waals surface area contributed by atoms with E-state index in [2.05, 4.69) is 21.7 Å². The predicted molar refractivity (Wildman–Crippen MR) is 58.6 cm³/mol. The highest BCUT2D eigenvalue weighted by molar-refractivity contribution is 6.00. The number of hydrogen-bond acceptors (Lipinski definition) is 4. The maximum absolute atomic E-state index is 4.81. The molecule has 0 aliphatic heterocycles. The third-order valence-corrected chi connectivity index (χ3v) is 2.40. The van der Waals surface area contributed by atoms with Gasteiger partial charge in [-0.15, -0.1) is 0 Å². The van der Waals surface area contributed by atoms with Gasteiger partial charge in [-0.25, -0.2) is 9.97 Å². The summed E-state index contributed by atoms with van der Waals surface area (Å²) in [5.74, 6) is 0.638. The third-order valence-electron chi connectivity index (χ3n) is 2.40.